The number of anilines is 1. The summed E-state index contributed by atoms with van der Waals surface area (Å²) in [7, 11) is 0. The summed E-state index contributed by atoms with van der Waals surface area (Å²) >= 11 is 0. The summed E-state index contributed by atoms with van der Waals surface area (Å²) in [4.78, 5) is 0. The van der Waals surface area contributed by atoms with E-state index < -0.39 is 0 Å². The van der Waals surface area contributed by atoms with Gasteiger partial charge in [0.2, 0.25) is 0 Å². The fourth-order valence-electron chi connectivity index (χ4n) is 2.01. The van der Waals surface area contributed by atoms with Crippen LogP contribution in [0.2, 0.25) is 0 Å². The second-order valence-electron chi connectivity index (χ2n) is 3.83. The van der Waals surface area contributed by atoms with Crippen LogP contribution in [0, 0.1) is 0 Å². The lowest BCUT2D eigenvalue weighted by Gasteiger charge is -2.16. The highest BCUT2D eigenvalue weighted by Crippen LogP contribution is 2.30. The molecule has 0 aliphatic rings. The maximum atomic E-state index is 9.32. The fourth-order valence-corrected chi connectivity index (χ4v) is 2.01. The van der Waals surface area contributed by atoms with E-state index in [0.717, 1.165) is 29.2 Å². The van der Waals surface area contributed by atoms with Gasteiger partial charge in [-0.05, 0) is 17.4 Å². The fraction of sp³-hybridized carbons (Fsp3) is 0.231. The van der Waals surface area contributed by atoms with Crippen LogP contribution in [0.5, 0.6) is 0 Å². The Morgan fingerprint density at radius 3 is 2.50 bits per heavy atom. The minimum absolute atomic E-state index is 0.229. The van der Waals surface area contributed by atoms with Gasteiger partial charge in [0.25, 0.3) is 0 Å². The zero-order chi connectivity index (χ0) is 11.5. The van der Waals surface area contributed by atoms with Crippen molar-refractivity contribution < 1.29 is 10.4 Å². The summed E-state index contributed by atoms with van der Waals surface area (Å²) < 4.78 is 0. The average molecular weight is 217 g/mol. The Kier molecular flexibility index (Phi) is 3.08. The van der Waals surface area contributed by atoms with Crippen LogP contribution in [-0.4, -0.2) is 10.4 Å². The van der Waals surface area contributed by atoms with Gasteiger partial charge in [0, 0.05) is 5.39 Å². The molecule has 0 amide bonds. The van der Waals surface area contributed by atoms with Crippen LogP contribution >= 0.6 is 0 Å². The third-order valence-corrected chi connectivity index (χ3v) is 2.70. The number of rotatable bonds is 3. The summed E-state index contributed by atoms with van der Waals surface area (Å²) in [5, 5.41) is 20.7. The van der Waals surface area contributed by atoms with Gasteiger partial charge in [-0.2, -0.15) is 0 Å². The predicted octanol–water partition coefficient (Wildman–Crippen LogP) is 3.38. The summed E-state index contributed by atoms with van der Waals surface area (Å²) in [6.45, 7) is 2.07. The molecule has 0 saturated carbocycles. The highest BCUT2D eigenvalue weighted by atomic mass is 16.8. The highest BCUT2D eigenvalue weighted by molar-refractivity contribution is 5.95. The average Bonchev–Trinajstić information content (AvgIpc) is 2.28. The van der Waals surface area contributed by atoms with Gasteiger partial charge >= 0.3 is 0 Å². The molecule has 0 atom stereocenters. The molecule has 16 heavy (non-hydrogen) atoms. The smallest absolute Gasteiger partial charge is 0.105 e. The largest absolute Gasteiger partial charge is 0.264 e. The number of aryl methyl sites for hydroxylation is 1. The van der Waals surface area contributed by atoms with Crippen LogP contribution < -0.4 is 5.23 Å². The maximum absolute atomic E-state index is 9.32. The van der Waals surface area contributed by atoms with Crippen molar-refractivity contribution in [1.29, 1.82) is 0 Å². The molecule has 3 nitrogen and oxygen atoms in total. The van der Waals surface area contributed by atoms with Gasteiger partial charge in [-0.25, -0.2) is 0 Å². The first-order valence-electron chi connectivity index (χ1n) is 5.42. The molecular weight excluding hydrogens is 202 g/mol. The molecular formula is C13H15NO2. The van der Waals surface area contributed by atoms with Crippen LogP contribution in [0.3, 0.4) is 0 Å². The molecule has 2 aromatic carbocycles. The summed E-state index contributed by atoms with van der Waals surface area (Å²) in [5.74, 6) is 0. The Morgan fingerprint density at radius 1 is 1.06 bits per heavy atom. The van der Waals surface area contributed by atoms with Crippen molar-refractivity contribution in [3.05, 3.63) is 42.0 Å². The molecule has 0 unspecified atom stereocenters. The maximum Gasteiger partial charge on any atom is 0.105 e. The van der Waals surface area contributed by atoms with Gasteiger partial charge in [-0.3, -0.25) is 10.4 Å². The standard InChI is InChI=1S/C13H15NO2/c1-2-5-11-9-8-10-6-3-4-7-12(10)13(11)14(15)16/h3-4,6-9,15-16H,2,5H2,1H3. The number of nitrogens with zero attached hydrogens (tertiary/aromatic N) is 1. The van der Waals surface area contributed by atoms with E-state index in [2.05, 4.69) is 6.92 Å². The van der Waals surface area contributed by atoms with Gasteiger partial charge in [0.15, 0.2) is 0 Å². The third-order valence-electron chi connectivity index (χ3n) is 2.70. The lowest BCUT2D eigenvalue weighted by atomic mass is 10.0. The van der Waals surface area contributed by atoms with Gasteiger partial charge in [0.1, 0.15) is 5.69 Å². The molecule has 0 spiro atoms. The Hall–Kier alpha value is -1.58. The predicted molar refractivity (Wildman–Crippen MR) is 64.0 cm³/mol. The molecule has 0 aromatic heterocycles. The third kappa shape index (κ3) is 1.87. The molecule has 3 heteroatoms. The number of fused-ring (bicyclic) bond motifs is 1. The van der Waals surface area contributed by atoms with Gasteiger partial charge in [-0.15, -0.1) is 5.23 Å². The van der Waals surface area contributed by atoms with E-state index in [0.29, 0.717) is 5.69 Å². The van der Waals surface area contributed by atoms with Crippen molar-refractivity contribution in [3.63, 3.8) is 0 Å². The second kappa shape index (κ2) is 4.51. The van der Waals surface area contributed by atoms with Crippen LogP contribution in [-0.2, 0) is 6.42 Å². The van der Waals surface area contributed by atoms with Crippen LogP contribution in [0.1, 0.15) is 18.9 Å². The molecule has 0 saturated heterocycles. The summed E-state index contributed by atoms with van der Waals surface area (Å²) in [6, 6.07) is 11.6. The molecule has 84 valence electrons. The molecule has 0 bridgehead atoms. The van der Waals surface area contributed by atoms with Crippen molar-refractivity contribution in [3.8, 4) is 0 Å². The Labute approximate surface area is 94.5 Å². The number of hydrogen-bond donors (Lipinski definition) is 2. The van der Waals surface area contributed by atoms with Crippen LogP contribution in [0.15, 0.2) is 36.4 Å². The first kappa shape index (κ1) is 10.9. The van der Waals surface area contributed by atoms with Gasteiger partial charge < -0.3 is 0 Å². The first-order chi connectivity index (χ1) is 7.74. The lowest BCUT2D eigenvalue weighted by Crippen LogP contribution is -2.13. The molecule has 0 heterocycles. The van der Waals surface area contributed by atoms with E-state index in [1.807, 2.05) is 36.4 Å². The van der Waals surface area contributed by atoms with Crippen LogP contribution in [0.25, 0.3) is 10.8 Å². The van der Waals surface area contributed by atoms with E-state index in [4.69, 9.17) is 0 Å². The van der Waals surface area contributed by atoms with Crippen molar-refractivity contribution >= 4 is 16.5 Å². The quantitative estimate of drug-likeness (QED) is 0.774. The molecule has 2 N–H and O–H groups in total. The minimum atomic E-state index is 0.229. The topological polar surface area (TPSA) is 43.7 Å². The first-order valence-corrected chi connectivity index (χ1v) is 5.42. The molecule has 0 aliphatic heterocycles. The highest BCUT2D eigenvalue weighted by Gasteiger charge is 2.11. The Morgan fingerprint density at radius 2 is 1.81 bits per heavy atom. The van der Waals surface area contributed by atoms with Crippen LogP contribution in [0.4, 0.5) is 5.69 Å². The van der Waals surface area contributed by atoms with E-state index >= 15 is 0 Å². The van der Waals surface area contributed by atoms with E-state index in [1.165, 1.54) is 0 Å². The van der Waals surface area contributed by atoms with E-state index in [9.17, 15) is 10.4 Å². The van der Waals surface area contributed by atoms with E-state index in [1.54, 1.807) is 0 Å². The zero-order valence-corrected chi connectivity index (χ0v) is 9.22. The van der Waals surface area contributed by atoms with Gasteiger partial charge in [0.05, 0.1) is 0 Å². The monoisotopic (exact) mass is 217 g/mol. The molecule has 0 radical (unpaired) electrons. The number of hydrogen-bond acceptors (Lipinski definition) is 3. The zero-order valence-electron chi connectivity index (χ0n) is 9.22. The minimum Gasteiger partial charge on any atom is -0.264 e. The number of benzene rings is 2. The molecule has 2 aromatic rings. The Bertz CT molecular complexity index is 494. The molecule has 2 rings (SSSR count). The summed E-state index contributed by atoms with van der Waals surface area (Å²) in [6.07, 6.45) is 1.80. The van der Waals surface area contributed by atoms with E-state index in [-0.39, 0.29) is 5.23 Å². The van der Waals surface area contributed by atoms with Crippen molar-refractivity contribution in [1.82, 2.24) is 0 Å². The van der Waals surface area contributed by atoms with Crippen molar-refractivity contribution in [2.75, 3.05) is 5.23 Å². The Balaban J connectivity index is 2.69. The summed E-state index contributed by atoms with van der Waals surface area (Å²) in [5.41, 5.74) is 1.44. The van der Waals surface area contributed by atoms with Gasteiger partial charge in [-0.1, -0.05) is 49.7 Å². The lowest BCUT2D eigenvalue weighted by molar-refractivity contribution is 0.0295. The van der Waals surface area contributed by atoms with Crippen molar-refractivity contribution in [2.24, 2.45) is 0 Å². The molecule has 0 fully saturated rings. The SMILES string of the molecule is CCCc1ccc2ccccc2c1N(O)O. The normalized spacial score (nSPS) is 10.7. The molecule has 0 aliphatic carbocycles. The van der Waals surface area contributed by atoms with Crippen molar-refractivity contribution in [2.45, 2.75) is 19.8 Å². The second-order valence-corrected chi connectivity index (χ2v) is 3.83.